The van der Waals surface area contributed by atoms with Crippen LogP contribution in [0.5, 0.6) is 0 Å². The van der Waals surface area contributed by atoms with Gasteiger partial charge in [-0.15, -0.1) is 0 Å². The minimum atomic E-state index is -4.80. The number of benzene rings is 1. The standard InChI is InChI=1S/C15H9F4N3O3/c16-11-6-8(12-21-14(25-22-12)15(17,18)19)3-4-10(11)13(23)20-7-9-2-1-5-24-9/h1-6H,7H2,(H,20,23). The van der Waals surface area contributed by atoms with E-state index in [1.165, 1.54) is 12.3 Å². The number of nitrogens with zero attached hydrogens (tertiary/aromatic N) is 2. The van der Waals surface area contributed by atoms with Crippen LogP contribution in [0.4, 0.5) is 17.6 Å². The number of hydrogen-bond acceptors (Lipinski definition) is 5. The Morgan fingerprint density at radius 1 is 1.24 bits per heavy atom. The van der Waals surface area contributed by atoms with Crippen molar-refractivity contribution < 1.29 is 31.3 Å². The summed E-state index contributed by atoms with van der Waals surface area (Å²) in [5.74, 6) is -3.13. The highest BCUT2D eigenvalue weighted by Gasteiger charge is 2.38. The molecule has 10 heteroatoms. The van der Waals surface area contributed by atoms with Crippen molar-refractivity contribution in [3.8, 4) is 11.4 Å². The van der Waals surface area contributed by atoms with E-state index in [2.05, 4.69) is 20.0 Å². The number of amides is 1. The van der Waals surface area contributed by atoms with Crippen molar-refractivity contribution in [3.63, 3.8) is 0 Å². The van der Waals surface area contributed by atoms with Crippen molar-refractivity contribution in [2.45, 2.75) is 12.7 Å². The molecule has 0 aliphatic rings. The van der Waals surface area contributed by atoms with E-state index in [1.54, 1.807) is 12.1 Å². The fourth-order valence-electron chi connectivity index (χ4n) is 1.97. The Balaban J connectivity index is 1.76. The summed E-state index contributed by atoms with van der Waals surface area (Å²) in [6, 6.07) is 6.46. The van der Waals surface area contributed by atoms with Crippen LogP contribution in [0.25, 0.3) is 11.4 Å². The molecule has 0 spiro atoms. The Hall–Kier alpha value is -3.17. The molecule has 1 aromatic carbocycles. The Morgan fingerprint density at radius 2 is 2.04 bits per heavy atom. The number of rotatable bonds is 4. The number of furan rings is 1. The van der Waals surface area contributed by atoms with E-state index < -0.39 is 29.6 Å². The quantitative estimate of drug-likeness (QED) is 0.726. The zero-order valence-corrected chi connectivity index (χ0v) is 12.3. The maximum atomic E-state index is 14.1. The largest absolute Gasteiger partial charge is 0.471 e. The van der Waals surface area contributed by atoms with Gasteiger partial charge in [-0.05, 0) is 24.3 Å². The first-order valence-electron chi connectivity index (χ1n) is 6.86. The Labute approximate surface area is 137 Å². The van der Waals surface area contributed by atoms with Crippen molar-refractivity contribution in [3.05, 3.63) is 59.6 Å². The zero-order chi connectivity index (χ0) is 18.0. The Kier molecular flexibility index (Phi) is 4.26. The minimum absolute atomic E-state index is 0.0562. The van der Waals surface area contributed by atoms with Gasteiger partial charge in [0.05, 0.1) is 18.4 Å². The average Bonchev–Trinajstić information content (AvgIpc) is 3.23. The van der Waals surface area contributed by atoms with Crippen LogP contribution in [0.1, 0.15) is 22.0 Å². The molecule has 0 saturated carbocycles. The molecule has 130 valence electrons. The van der Waals surface area contributed by atoms with Gasteiger partial charge in [0.2, 0.25) is 5.82 Å². The van der Waals surface area contributed by atoms with E-state index >= 15 is 0 Å². The molecule has 0 fully saturated rings. The van der Waals surface area contributed by atoms with Crippen LogP contribution in [0, 0.1) is 5.82 Å². The lowest BCUT2D eigenvalue weighted by Gasteiger charge is -2.05. The number of aromatic nitrogens is 2. The highest BCUT2D eigenvalue weighted by Crippen LogP contribution is 2.29. The van der Waals surface area contributed by atoms with Crippen LogP contribution in [0.3, 0.4) is 0 Å². The molecule has 0 saturated heterocycles. The molecule has 1 amide bonds. The summed E-state index contributed by atoms with van der Waals surface area (Å²) in [5.41, 5.74) is -0.339. The molecular formula is C15H9F4N3O3. The summed E-state index contributed by atoms with van der Waals surface area (Å²) in [6.07, 6.45) is -3.37. The molecule has 0 radical (unpaired) electrons. The molecule has 0 aliphatic heterocycles. The smallest absolute Gasteiger partial charge is 0.467 e. The summed E-state index contributed by atoms with van der Waals surface area (Å²) in [7, 11) is 0. The van der Waals surface area contributed by atoms with E-state index in [-0.39, 0.29) is 17.7 Å². The van der Waals surface area contributed by atoms with Crippen molar-refractivity contribution in [1.82, 2.24) is 15.5 Å². The maximum absolute atomic E-state index is 14.1. The number of carbonyl (C=O) groups excluding carboxylic acids is 1. The normalized spacial score (nSPS) is 11.5. The lowest BCUT2D eigenvalue weighted by molar-refractivity contribution is -0.159. The van der Waals surface area contributed by atoms with Gasteiger partial charge in [-0.2, -0.15) is 18.2 Å². The summed E-state index contributed by atoms with van der Waals surface area (Å²) in [4.78, 5) is 15.1. The Morgan fingerprint density at radius 3 is 2.64 bits per heavy atom. The third-order valence-electron chi connectivity index (χ3n) is 3.14. The monoisotopic (exact) mass is 355 g/mol. The van der Waals surface area contributed by atoms with E-state index in [0.29, 0.717) is 5.76 Å². The molecule has 1 N–H and O–H groups in total. The molecule has 0 aliphatic carbocycles. The predicted octanol–water partition coefficient (Wildman–Crippen LogP) is 3.42. The first-order valence-corrected chi connectivity index (χ1v) is 6.86. The van der Waals surface area contributed by atoms with Crippen LogP contribution in [-0.4, -0.2) is 16.0 Å². The number of nitrogens with one attached hydrogen (secondary N) is 1. The second kappa shape index (κ2) is 6.38. The van der Waals surface area contributed by atoms with Gasteiger partial charge in [0.25, 0.3) is 5.91 Å². The summed E-state index contributed by atoms with van der Waals surface area (Å²) < 4.78 is 60.5. The number of alkyl halides is 3. The summed E-state index contributed by atoms with van der Waals surface area (Å²) in [5, 5.41) is 5.61. The van der Waals surface area contributed by atoms with E-state index in [9.17, 15) is 22.4 Å². The van der Waals surface area contributed by atoms with Crippen molar-refractivity contribution in [1.29, 1.82) is 0 Å². The van der Waals surface area contributed by atoms with Gasteiger partial charge < -0.3 is 14.3 Å². The Bertz CT molecular complexity index is 888. The van der Waals surface area contributed by atoms with Gasteiger partial charge in [0.1, 0.15) is 11.6 Å². The van der Waals surface area contributed by atoms with Gasteiger partial charge in [-0.25, -0.2) is 4.39 Å². The van der Waals surface area contributed by atoms with Crippen molar-refractivity contribution >= 4 is 5.91 Å². The van der Waals surface area contributed by atoms with Gasteiger partial charge in [0.15, 0.2) is 0 Å². The third kappa shape index (κ3) is 3.67. The van der Waals surface area contributed by atoms with Crippen molar-refractivity contribution in [2.75, 3.05) is 0 Å². The molecule has 0 atom stereocenters. The van der Waals surface area contributed by atoms with E-state index in [4.69, 9.17) is 4.42 Å². The fraction of sp³-hybridized carbons (Fsp3) is 0.133. The van der Waals surface area contributed by atoms with Gasteiger partial charge in [-0.1, -0.05) is 11.2 Å². The summed E-state index contributed by atoms with van der Waals surface area (Å²) in [6.45, 7) is 0.0623. The molecule has 2 heterocycles. The molecule has 6 nitrogen and oxygen atoms in total. The molecule has 3 rings (SSSR count). The second-order valence-corrected chi connectivity index (χ2v) is 4.88. The van der Waals surface area contributed by atoms with E-state index in [1.807, 2.05) is 0 Å². The molecule has 3 aromatic rings. The molecular weight excluding hydrogens is 346 g/mol. The van der Waals surface area contributed by atoms with Crippen LogP contribution in [0.15, 0.2) is 45.5 Å². The van der Waals surface area contributed by atoms with Gasteiger partial charge in [-0.3, -0.25) is 4.79 Å². The first kappa shape index (κ1) is 16.7. The van der Waals surface area contributed by atoms with Gasteiger partial charge >= 0.3 is 12.1 Å². The lowest BCUT2D eigenvalue weighted by atomic mass is 10.1. The van der Waals surface area contributed by atoms with Crippen LogP contribution in [0.2, 0.25) is 0 Å². The first-order chi connectivity index (χ1) is 11.8. The molecule has 2 aromatic heterocycles. The highest BCUT2D eigenvalue weighted by atomic mass is 19.4. The highest BCUT2D eigenvalue weighted by molar-refractivity contribution is 5.94. The number of hydrogen-bond donors (Lipinski definition) is 1. The second-order valence-electron chi connectivity index (χ2n) is 4.88. The lowest BCUT2D eigenvalue weighted by Crippen LogP contribution is -2.23. The number of halogens is 4. The SMILES string of the molecule is O=C(NCc1ccco1)c1ccc(-c2noc(C(F)(F)F)n2)cc1F. The molecule has 0 unspecified atom stereocenters. The fourth-order valence-corrected chi connectivity index (χ4v) is 1.97. The summed E-state index contributed by atoms with van der Waals surface area (Å²) >= 11 is 0. The van der Waals surface area contributed by atoms with E-state index in [0.717, 1.165) is 12.1 Å². The third-order valence-corrected chi connectivity index (χ3v) is 3.14. The minimum Gasteiger partial charge on any atom is -0.467 e. The maximum Gasteiger partial charge on any atom is 0.471 e. The number of carbonyl (C=O) groups is 1. The molecule has 0 bridgehead atoms. The molecule has 25 heavy (non-hydrogen) atoms. The average molecular weight is 355 g/mol. The topological polar surface area (TPSA) is 81.2 Å². The van der Waals surface area contributed by atoms with Crippen LogP contribution < -0.4 is 5.32 Å². The van der Waals surface area contributed by atoms with Crippen LogP contribution >= 0.6 is 0 Å². The zero-order valence-electron chi connectivity index (χ0n) is 12.3. The van der Waals surface area contributed by atoms with Crippen molar-refractivity contribution in [2.24, 2.45) is 0 Å². The predicted molar refractivity (Wildman–Crippen MR) is 74.6 cm³/mol. The van der Waals surface area contributed by atoms with Crippen LogP contribution in [-0.2, 0) is 12.7 Å². The van der Waals surface area contributed by atoms with Gasteiger partial charge in [0, 0.05) is 5.56 Å².